The summed E-state index contributed by atoms with van der Waals surface area (Å²) in [6.45, 7) is 5.29. The van der Waals surface area contributed by atoms with Gasteiger partial charge in [-0.3, -0.25) is 4.79 Å². The first-order valence-electron chi connectivity index (χ1n) is 7.87. The number of hydrogen-bond donors (Lipinski definition) is 2. The summed E-state index contributed by atoms with van der Waals surface area (Å²) in [7, 11) is 1.80. The lowest BCUT2D eigenvalue weighted by atomic mass is 10.0. The molecule has 2 rings (SSSR count). The quantitative estimate of drug-likeness (QED) is 0.788. The third-order valence-corrected chi connectivity index (χ3v) is 4.13. The third-order valence-electron chi connectivity index (χ3n) is 4.13. The van der Waals surface area contributed by atoms with Crippen LogP contribution in [0.25, 0.3) is 0 Å². The minimum Gasteiger partial charge on any atom is -0.373 e. The molecule has 5 nitrogen and oxygen atoms in total. The number of piperidine rings is 1. The number of likely N-dealkylation sites (tertiary alicyclic amines) is 1. The first kappa shape index (κ1) is 15.8. The summed E-state index contributed by atoms with van der Waals surface area (Å²) in [4.78, 5) is 18.7. The van der Waals surface area contributed by atoms with Gasteiger partial charge in [0.15, 0.2) is 0 Å². The van der Waals surface area contributed by atoms with E-state index in [0.29, 0.717) is 17.4 Å². The number of amides is 1. The number of anilines is 1. The second-order valence-corrected chi connectivity index (χ2v) is 5.67. The number of hydrogen-bond acceptors (Lipinski definition) is 4. The predicted molar refractivity (Wildman–Crippen MR) is 85.6 cm³/mol. The largest absolute Gasteiger partial charge is 0.373 e. The molecule has 0 aliphatic carbocycles. The van der Waals surface area contributed by atoms with Crippen LogP contribution in [0.3, 0.4) is 0 Å². The van der Waals surface area contributed by atoms with Crippen molar-refractivity contribution in [2.75, 3.05) is 32.0 Å². The molecule has 5 heteroatoms. The highest BCUT2D eigenvalue weighted by atomic mass is 16.1. The molecule has 1 unspecified atom stereocenters. The standard InChI is InChI=1S/C16H26N4O/c1-13-6-3-4-10-20(13)11-5-8-19-16(21)14-7-9-18-15(12-14)17-2/h7,9,12-13H,3-6,8,10-11H2,1-2H3,(H,17,18)(H,19,21). The molecule has 2 N–H and O–H groups in total. The van der Waals surface area contributed by atoms with Gasteiger partial charge in [-0.05, 0) is 44.9 Å². The van der Waals surface area contributed by atoms with E-state index in [2.05, 4.69) is 27.4 Å². The molecular formula is C16H26N4O. The molecule has 1 amide bonds. The van der Waals surface area contributed by atoms with Crippen LogP contribution in [0.1, 0.15) is 43.0 Å². The molecule has 1 atom stereocenters. The van der Waals surface area contributed by atoms with Gasteiger partial charge in [-0.15, -0.1) is 0 Å². The molecule has 1 aliphatic rings. The normalized spacial score (nSPS) is 19.2. The number of nitrogens with zero attached hydrogens (tertiary/aromatic N) is 2. The molecular weight excluding hydrogens is 264 g/mol. The van der Waals surface area contributed by atoms with Crippen molar-refractivity contribution in [2.24, 2.45) is 0 Å². The van der Waals surface area contributed by atoms with Crippen LogP contribution in [0.15, 0.2) is 18.3 Å². The van der Waals surface area contributed by atoms with Gasteiger partial charge in [0, 0.05) is 37.9 Å². The van der Waals surface area contributed by atoms with Gasteiger partial charge in [-0.2, -0.15) is 0 Å². The van der Waals surface area contributed by atoms with Crippen LogP contribution >= 0.6 is 0 Å². The third kappa shape index (κ3) is 4.70. The van der Waals surface area contributed by atoms with Gasteiger partial charge >= 0.3 is 0 Å². The van der Waals surface area contributed by atoms with E-state index in [1.54, 1.807) is 25.4 Å². The Morgan fingerprint density at radius 3 is 3.10 bits per heavy atom. The molecule has 1 aliphatic heterocycles. The summed E-state index contributed by atoms with van der Waals surface area (Å²) in [6, 6.07) is 4.19. The number of nitrogens with one attached hydrogen (secondary N) is 2. The SMILES string of the molecule is CNc1cc(C(=O)NCCCN2CCCCC2C)ccn1. The van der Waals surface area contributed by atoms with Crippen molar-refractivity contribution in [3.05, 3.63) is 23.9 Å². The van der Waals surface area contributed by atoms with Crippen LogP contribution in [0, 0.1) is 0 Å². The zero-order valence-electron chi connectivity index (χ0n) is 13.1. The van der Waals surface area contributed by atoms with Crippen molar-refractivity contribution in [3.8, 4) is 0 Å². The van der Waals surface area contributed by atoms with Crippen LogP contribution in [-0.2, 0) is 0 Å². The van der Waals surface area contributed by atoms with Crippen LogP contribution in [-0.4, -0.2) is 48.5 Å². The Morgan fingerprint density at radius 1 is 1.48 bits per heavy atom. The van der Waals surface area contributed by atoms with Crippen molar-refractivity contribution in [2.45, 2.75) is 38.6 Å². The van der Waals surface area contributed by atoms with Crippen LogP contribution in [0.4, 0.5) is 5.82 Å². The molecule has 0 bridgehead atoms. The summed E-state index contributed by atoms with van der Waals surface area (Å²) >= 11 is 0. The fourth-order valence-corrected chi connectivity index (χ4v) is 2.78. The predicted octanol–water partition coefficient (Wildman–Crippen LogP) is 2.12. The monoisotopic (exact) mass is 290 g/mol. The fourth-order valence-electron chi connectivity index (χ4n) is 2.78. The minimum atomic E-state index is -0.0272. The Kier molecular flexibility index (Phi) is 5.99. The first-order valence-corrected chi connectivity index (χ1v) is 7.87. The second-order valence-electron chi connectivity index (χ2n) is 5.67. The van der Waals surface area contributed by atoms with E-state index < -0.39 is 0 Å². The Bertz CT molecular complexity index is 463. The second kappa shape index (κ2) is 7.98. The number of aromatic nitrogens is 1. The van der Waals surface area contributed by atoms with Crippen LogP contribution in [0.2, 0.25) is 0 Å². The average Bonchev–Trinajstić information content (AvgIpc) is 2.53. The lowest BCUT2D eigenvalue weighted by molar-refractivity contribution is 0.0949. The highest BCUT2D eigenvalue weighted by Gasteiger charge is 2.17. The van der Waals surface area contributed by atoms with Gasteiger partial charge in [0.2, 0.25) is 0 Å². The molecule has 21 heavy (non-hydrogen) atoms. The highest BCUT2D eigenvalue weighted by molar-refractivity contribution is 5.94. The maximum atomic E-state index is 12.0. The lowest BCUT2D eigenvalue weighted by Crippen LogP contribution is -2.39. The molecule has 0 spiro atoms. The average molecular weight is 290 g/mol. The Morgan fingerprint density at radius 2 is 2.33 bits per heavy atom. The van der Waals surface area contributed by atoms with Crippen LogP contribution in [0.5, 0.6) is 0 Å². The van der Waals surface area contributed by atoms with Gasteiger partial charge < -0.3 is 15.5 Å². The molecule has 0 aromatic carbocycles. The van der Waals surface area contributed by atoms with E-state index in [4.69, 9.17) is 0 Å². The smallest absolute Gasteiger partial charge is 0.251 e. The maximum absolute atomic E-state index is 12.0. The van der Waals surface area contributed by atoms with E-state index in [9.17, 15) is 4.79 Å². The molecule has 0 radical (unpaired) electrons. The highest BCUT2D eigenvalue weighted by Crippen LogP contribution is 2.16. The van der Waals surface area contributed by atoms with E-state index in [1.807, 2.05) is 0 Å². The summed E-state index contributed by atoms with van der Waals surface area (Å²) in [6.07, 6.45) is 6.61. The van der Waals surface area contributed by atoms with E-state index in [0.717, 1.165) is 19.5 Å². The maximum Gasteiger partial charge on any atom is 0.251 e. The number of rotatable bonds is 6. The van der Waals surface area contributed by atoms with Gasteiger partial charge in [-0.1, -0.05) is 6.42 Å². The molecule has 1 aromatic rings. The van der Waals surface area contributed by atoms with Crippen LogP contribution < -0.4 is 10.6 Å². The molecule has 1 fully saturated rings. The number of carbonyl (C=O) groups is 1. The Balaban J connectivity index is 1.71. The topological polar surface area (TPSA) is 57.3 Å². The van der Waals surface area contributed by atoms with E-state index in [1.165, 1.54) is 25.8 Å². The number of pyridine rings is 1. The zero-order valence-corrected chi connectivity index (χ0v) is 13.1. The summed E-state index contributed by atoms with van der Waals surface area (Å²) < 4.78 is 0. The van der Waals surface area contributed by atoms with Crippen molar-refractivity contribution < 1.29 is 4.79 Å². The first-order chi connectivity index (χ1) is 10.2. The number of carbonyl (C=O) groups excluding carboxylic acids is 1. The molecule has 2 heterocycles. The van der Waals surface area contributed by atoms with E-state index >= 15 is 0 Å². The molecule has 116 valence electrons. The Labute approximate surface area is 127 Å². The van der Waals surface area contributed by atoms with Gasteiger partial charge in [0.05, 0.1) is 0 Å². The van der Waals surface area contributed by atoms with Gasteiger partial charge in [-0.25, -0.2) is 4.98 Å². The van der Waals surface area contributed by atoms with Crippen molar-refractivity contribution >= 4 is 11.7 Å². The summed E-state index contributed by atoms with van der Waals surface area (Å²) in [5.74, 6) is 0.686. The summed E-state index contributed by atoms with van der Waals surface area (Å²) in [5.41, 5.74) is 0.653. The molecule has 1 aromatic heterocycles. The van der Waals surface area contributed by atoms with Gasteiger partial charge in [0.25, 0.3) is 5.91 Å². The van der Waals surface area contributed by atoms with Crippen molar-refractivity contribution in [3.63, 3.8) is 0 Å². The van der Waals surface area contributed by atoms with E-state index in [-0.39, 0.29) is 5.91 Å². The van der Waals surface area contributed by atoms with Gasteiger partial charge in [0.1, 0.15) is 5.82 Å². The minimum absolute atomic E-state index is 0.0272. The summed E-state index contributed by atoms with van der Waals surface area (Å²) in [5, 5.41) is 5.92. The van der Waals surface area contributed by atoms with Crippen molar-refractivity contribution in [1.29, 1.82) is 0 Å². The molecule has 1 saturated heterocycles. The lowest BCUT2D eigenvalue weighted by Gasteiger charge is -2.33. The molecule has 0 saturated carbocycles. The Hall–Kier alpha value is -1.62. The zero-order chi connectivity index (χ0) is 15.1. The van der Waals surface area contributed by atoms with Crippen molar-refractivity contribution in [1.82, 2.24) is 15.2 Å². The fraction of sp³-hybridized carbons (Fsp3) is 0.625.